The quantitative estimate of drug-likeness (QED) is 0.823. The number of rotatable bonds is 4. The Labute approximate surface area is 94.5 Å². The van der Waals surface area contributed by atoms with E-state index >= 15 is 0 Å². The number of hydrogen-bond donors (Lipinski definition) is 2. The predicted molar refractivity (Wildman–Crippen MR) is 64.1 cm³/mol. The predicted octanol–water partition coefficient (Wildman–Crippen LogP) is 2.10. The summed E-state index contributed by atoms with van der Waals surface area (Å²) >= 11 is 0. The molecule has 0 radical (unpaired) electrons. The average Bonchev–Trinajstić information content (AvgIpc) is 2.83. The van der Waals surface area contributed by atoms with E-state index < -0.39 is 0 Å². The molecule has 1 aromatic carbocycles. The molecule has 0 bridgehead atoms. The van der Waals surface area contributed by atoms with Gasteiger partial charge >= 0.3 is 0 Å². The molecule has 0 spiro atoms. The Morgan fingerprint density at radius 2 is 2.38 bits per heavy atom. The molecule has 1 atom stereocenters. The smallest absolute Gasteiger partial charge is 0.181 e. The first-order chi connectivity index (χ1) is 7.79. The molecule has 4 heteroatoms. The van der Waals surface area contributed by atoms with Crippen molar-refractivity contribution in [2.24, 2.45) is 5.73 Å². The van der Waals surface area contributed by atoms with Crippen LogP contribution in [0.25, 0.3) is 11.3 Å². The topological polar surface area (TPSA) is 64.1 Å². The van der Waals surface area contributed by atoms with E-state index in [2.05, 4.69) is 10.3 Å². The molecule has 4 nitrogen and oxygen atoms in total. The number of nitrogens with two attached hydrogens (primary N) is 1. The maximum atomic E-state index is 5.56. The summed E-state index contributed by atoms with van der Waals surface area (Å²) in [7, 11) is 0. The summed E-state index contributed by atoms with van der Waals surface area (Å²) < 4.78 is 5.24. The first-order valence-corrected chi connectivity index (χ1v) is 5.25. The summed E-state index contributed by atoms with van der Waals surface area (Å²) in [5, 5.41) is 3.31. The number of anilines is 1. The minimum atomic E-state index is 0.255. The molecule has 16 heavy (non-hydrogen) atoms. The largest absolute Gasteiger partial charge is 0.444 e. The molecule has 2 aromatic rings. The summed E-state index contributed by atoms with van der Waals surface area (Å²) in [5.41, 5.74) is 7.60. The first kappa shape index (κ1) is 10.7. The molecule has 1 heterocycles. The lowest BCUT2D eigenvalue weighted by Gasteiger charge is -2.13. The van der Waals surface area contributed by atoms with Gasteiger partial charge in [0.2, 0.25) is 0 Å². The van der Waals surface area contributed by atoms with Gasteiger partial charge in [-0.3, -0.25) is 0 Å². The van der Waals surface area contributed by atoms with E-state index in [4.69, 9.17) is 10.2 Å². The Morgan fingerprint density at radius 1 is 1.50 bits per heavy atom. The highest BCUT2D eigenvalue weighted by Gasteiger charge is 2.03. The van der Waals surface area contributed by atoms with Gasteiger partial charge < -0.3 is 15.5 Å². The van der Waals surface area contributed by atoms with Gasteiger partial charge in [-0.2, -0.15) is 0 Å². The Kier molecular flexibility index (Phi) is 3.22. The lowest BCUT2D eigenvalue weighted by Crippen LogP contribution is -2.25. The lowest BCUT2D eigenvalue weighted by atomic mass is 10.1. The van der Waals surface area contributed by atoms with Crippen molar-refractivity contribution in [3.05, 3.63) is 36.9 Å². The molecule has 0 saturated heterocycles. The second-order valence-electron chi connectivity index (χ2n) is 3.73. The minimum absolute atomic E-state index is 0.255. The molecule has 1 aromatic heterocycles. The van der Waals surface area contributed by atoms with Gasteiger partial charge in [0.05, 0.1) is 6.20 Å². The molecule has 1 unspecified atom stereocenters. The second kappa shape index (κ2) is 4.81. The van der Waals surface area contributed by atoms with Crippen molar-refractivity contribution in [2.75, 3.05) is 11.9 Å². The van der Waals surface area contributed by atoms with Crippen LogP contribution in [0.5, 0.6) is 0 Å². The van der Waals surface area contributed by atoms with Crippen LogP contribution in [0.2, 0.25) is 0 Å². The van der Waals surface area contributed by atoms with Crippen molar-refractivity contribution in [1.29, 1.82) is 0 Å². The third-order valence-corrected chi connectivity index (χ3v) is 2.35. The van der Waals surface area contributed by atoms with Crippen molar-refractivity contribution >= 4 is 5.69 Å². The van der Waals surface area contributed by atoms with Gasteiger partial charge in [0, 0.05) is 23.8 Å². The van der Waals surface area contributed by atoms with Gasteiger partial charge in [-0.25, -0.2) is 4.98 Å². The number of nitrogens with zero attached hydrogens (tertiary/aromatic N) is 1. The fourth-order valence-electron chi connectivity index (χ4n) is 1.46. The summed E-state index contributed by atoms with van der Waals surface area (Å²) in [5.74, 6) is 0.768. The third kappa shape index (κ3) is 2.41. The van der Waals surface area contributed by atoms with E-state index in [1.165, 1.54) is 6.39 Å². The van der Waals surface area contributed by atoms with Crippen molar-refractivity contribution < 1.29 is 4.42 Å². The Hall–Kier alpha value is -1.81. The minimum Gasteiger partial charge on any atom is -0.444 e. The van der Waals surface area contributed by atoms with E-state index in [0.717, 1.165) is 17.0 Å². The standard InChI is InChI=1S/C12H15N3O/c1-9(6-13)15-11-4-2-3-10(5-11)12-7-14-8-16-12/h2-5,7-9,15H,6,13H2,1H3. The highest BCUT2D eigenvalue weighted by molar-refractivity contribution is 5.63. The number of aromatic nitrogens is 1. The summed E-state index contributed by atoms with van der Waals surface area (Å²) in [4.78, 5) is 3.90. The SMILES string of the molecule is CC(CN)Nc1cccc(-c2cnco2)c1. The van der Waals surface area contributed by atoms with Crippen molar-refractivity contribution in [3.8, 4) is 11.3 Å². The van der Waals surface area contributed by atoms with Crippen LogP contribution >= 0.6 is 0 Å². The number of hydrogen-bond acceptors (Lipinski definition) is 4. The highest BCUT2D eigenvalue weighted by Crippen LogP contribution is 2.22. The third-order valence-electron chi connectivity index (χ3n) is 2.35. The van der Waals surface area contributed by atoms with E-state index in [1.807, 2.05) is 31.2 Å². The molecular weight excluding hydrogens is 202 g/mol. The summed E-state index contributed by atoms with van der Waals surface area (Å²) in [6.45, 7) is 2.65. The van der Waals surface area contributed by atoms with Crippen LogP contribution in [-0.4, -0.2) is 17.6 Å². The molecule has 0 fully saturated rings. The molecule has 84 valence electrons. The maximum Gasteiger partial charge on any atom is 0.181 e. The zero-order valence-corrected chi connectivity index (χ0v) is 9.18. The van der Waals surface area contributed by atoms with Crippen LogP contribution in [-0.2, 0) is 0 Å². The molecule has 0 aliphatic heterocycles. The first-order valence-electron chi connectivity index (χ1n) is 5.25. The molecule has 3 N–H and O–H groups in total. The number of benzene rings is 1. The zero-order valence-electron chi connectivity index (χ0n) is 9.18. The van der Waals surface area contributed by atoms with Gasteiger partial charge in [0.15, 0.2) is 12.2 Å². The zero-order chi connectivity index (χ0) is 11.4. The van der Waals surface area contributed by atoms with Crippen molar-refractivity contribution in [1.82, 2.24) is 4.98 Å². The maximum absolute atomic E-state index is 5.56. The van der Waals surface area contributed by atoms with Gasteiger partial charge in [-0.1, -0.05) is 12.1 Å². The van der Waals surface area contributed by atoms with E-state index in [-0.39, 0.29) is 6.04 Å². The Bertz CT molecular complexity index is 439. The number of oxazole rings is 1. The molecule has 0 saturated carbocycles. The van der Waals surface area contributed by atoms with Gasteiger partial charge in [-0.05, 0) is 19.1 Å². The average molecular weight is 217 g/mol. The molecule has 0 aliphatic carbocycles. The molecular formula is C12H15N3O. The Morgan fingerprint density at radius 3 is 3.06 bits per heavy atom. The molecule has 0 aliphatic rings. The lowest BCUT2D eigenvalue weighted by molar-refractivity contribution is 0.572. The van der Waals surface area contributed by atoms with Crippen LogP contribution in [0.15, 0.2) is 41.3 Å². The van der Waals surface area contributed by atoms with Crippen LogP contribution in [0.1, 0.15) is 6.92 Å². The molecule has 2 rings (SSSR count). The second-order valence-corrected chi connectivity index (χ2v) is 3.73. The number of nitrogens with one attached hydrogen (secondary N) is 1. The monoisotopic (exact) mass is 217 g/mol. The van der Waals surface area contributed by atoms with Crippen molar-refractivity contribution in [3.63, 3.8) is 0 Å². The normalized spacial score (nSPS) is 12.4. The van der Waals surface area contributed by atoms with Crippen LogP contribution < -0.4 is 11.1 Å². The van der Waals surface area contributed by atoms with Crippen molar-refractivity contribution in [2.45, 2.75) is 13.0 Å². The Balaban J connectivity index is 2.20. The summed E-state index contributed by atoms with van der Waals surface area (Å²) in [6, 6.07) is 8.24. The van der Waals surface area contributed by atoms with E-state index in [0.29, 0.717) is 6.54 Å². The highest BCUT2D eigenvalue weighted by atomic mass is 16.3. The molecule has 0 amide bonds. The fourth-order valence-corrected chi connectivity index (χ4v) is 1.46. The fraction of sp³-hybridized carbons (Fsp3) is 0.250. The van der Waals surface area contributed by atoms with E-state index in [1.54, 1.807) is 6.20 Å². The van der Waals surface area contributed by atoms with Crippen LogP contribution in [0.4, 0.5) is 5.69 Å². The van der Waals surface area contributed by atoms with Gasteiger partial charge in [0.1, 0.15) is 0 Å². The van der Waals surface area contributed by atoms with E-state index in [9.17, 15) is 0 Å². The van der Waals surface area contributed by atoms with Crippen LogP contribution in [0, 0.1) is 0 Å². The summed E-state index contributed by atoms with van der Waals surface area (Å²) in [6.07, 6.45) is 3.13. The van der Waals surface area contributed by atoms with Gasteiger partial charge in [0.25, 0.3) is 0 Å². The van der Waals surface area contributed by atoms with Gasteiger partial charge in [-0.15, -0.1) is 0 Å². The van der Waals surface area contributed by atoms with Crippen LogP contribution in [0.3, 0.4) is 0 Å².